The second kappa shape index (κ2) is 3.96. The molecule has 0 radical (unpaired) electrons. The summed E-state index contributed by atoms with van der Waals surface area (Å²) in [6.45, 7) is 0.161. The van der Waals surface area contributed by atoms with Crippen molar-refractivity contribution in [2.75, 3.05) is 5.43 Å². The van der Waals surface area contributed by atoms with Gasteiger partial charge in [-0.25, -0.2) is 4.39 Å². The smallest absolute Gasteiger partial charge is 0.309 e. The van der Waals surface area contributed by atoms with Crippen molar-refractivity contribution in [3.63, 3.8) is 0 Å². The van der Waals surface area contributed by atoms with Crippen LogP contribution in [0.1, 0.15) is 0 Å². The van der Waals surface area contributed by atoms with Gasteiger partial charge in [0.05, 0.1) is 22.4 Å². The van der Waals surface area contributed by atoms with E-state index in [0.29, 0.717) is 10.2 Å². The fraction of sp³-hybridized carbons (Fsp3) is 0.100. The molecule has 0 saturated carbocycles. The van der Waals surface area contributed by atoms with Crippen LogP contribution in [0.4, 0.5) is 10.1 Å². The number of anilines is 1. The van der Waals surface area contributed by atoms with Gasteiger partial charge in [-0.2, -0.15) is 0 Å². The third-order valence-electron chi connectivity index (χ3n) is 2.16. The molecule has 0 saturated heterocycles. The van der Waals surface area contributed by atoms with E-state index in [9.17, 15) is 9.18 Å². The molecule has 1 aromatic heterocycles. The van der Waals surface area contributed by atoms with Crippen LogP contribution in [0.5, 0.6) is 0 Å². The second-order valence-corrected chi connectivity index (χ2v) is 4.10. The number of hydrogen-bond acceptors (Lipinski definition) is 4. The molecular formula is C10H8FN3OS. The monoisotopic (exact) mass is 237 g/mol. The normalized spacial score (nSPS) is 10.3. The van der Waals surface area contributed by atoms with Crippen LogP contribution in [-0.2, 0) is 6.54 Å². The molecule has 0 aliphatic carbocycles. The van der Waals surface area contributed by atoms with Gasteiger partial charge in [0, 0.05) is 0 Å². The van der Waals surface area contributed by atoms with Crippen molar-refractivity contribution < 1.29 is 4.39 Å². The minimum absolute atomic E-state index is 0.135. The van der Waals surface area contributed by atoms with E-state index in [1.165, 1.54) is 16.7 Å². The van der Waals surface area contributed by atoms with Gasteiger partial charge in [-0.15, -0.1) is 6.42 Å². The van der Waals surface area contributed by atoms with Gasteiger partial charge in [0.2, 0.25) is 0 Å². The zero-order valence-corrected chi connectivity index (χ0v) is 8.97. The molecule has 3 N–H and O–H groups in total. The van der Waals surface area contributed by atoms with E-state index in [1.807, 2.05) is 0 Å². The van der Waals surface area contributed by atoms with Gasteiger partial charge < -0.3 is 5.43 Å². The molecule has 0 unspecified atom stereocenters. The zero-order valence-electron chi connectivity index (χ0n) is 8.16. The number of nitrogens with zero attached hydrogens (tertiary/aromatic N) is 1. The van der Waals surface area contributed by atoms with Crippen LogP contribution in [0.15, 0.2) is 16.9 Å². The second-order valence-electron chi connectivity index (χ2n) is 3.10. The SMILES string of the molecule is C#CCn1c(=O)sc2cc(F)c(NN)cc21. The maximum atomic E-state index is 13.4. The van der Waals surface area contributed by atoms with Gasteiger partial charge in [0.1, 0.15) is 5.82 Å². The molecule has 0 amide bonds. The predicted octanol–water partition coefficient (Wildman–Crippen LogP) is 1.12. The van der Waals surface area contributed by atoms with Crippen molar-refractivity contribution in [2.45, 2.75) is 6.54 Å². The van der Waals surface area contributed by atoms with Gasteiger partial charge in [-0.1, -0.05) is 17.3 Å². The van der Waals surface area contributed by atoms with Crippen LogP contribution in [0.3, 0.4) is 0 Å². The molecule has 1 heterocycles. The lowest BCUT2D eigenvalue weighted by atomic mass is 10.3. The average molecular weight is 237 g/mol. The molecular weight excluding hydrogens is 229 g/mol. The number of thiazole rings is 1. The Hall–Kier alpha value is -1.84. The number of nitrogens with two attached hydrogens (primary N) is 1. The molecule has 16 heavy (non-hydrogen) atoms. The van der Waals surface area contributed by atoms with Crippen molar-refractivity contribution in [3.05, 3.63) is 27.6 Å². The fourth-order valence-electron chi connectivity index (χ4n) is 1.44. The largest absolute Gasteiger partial charge is 0.321 e. The van der Waals surface area contributed by atoms with Crippen LogP contribution < -0.4 is 16.1 Å². The van der Waals surface area contributed by atoms with Crippen LogP contribution in [0.25, 0.3) is 10.2 Å². The molecule has 1 aromatic carbocycles. The highest BCUT2D eigenvalue weighted by Gasteiger charge is 2.10. The van der Waals surface area contributed by atoms with E-state index < -0.39 is 5.82 Å². The summed E-state index contributed by atoms with van der Waals surface area (Å²) in [7, 11) is 0. The Morgan fingerprint density at radius 1 is 1.62 bits per heavy atom. The molecule has 2 aromatic rings. The molecule has 2 rings (SSSR count). The van der Waals surface area contributed by atoms with Crippen LogP contribution in [-0.4, -0.2) is 4.57 Å². The fourth-order valence-corrected chi connectivity index (χ4v) is 2.33. The summed E-state index contributed by atoms with van der Waals surface area (Å²) < 4.78 is 15.3. The maximum Gasteiger partial charge on any atom is 0.309 e. The number of aromatic nitrogens is 1. The maximum absolute atomic E-state index is 13.4. The van der Waals surface area contributed by atoms with Crippen LogP contribution in [0.2, 0.25) is 0 Å². The number of hydrogen-bond donors (Lipinski definition) is 2. The Morgan fingerprint density at radius 3 is 3.00 bits per heavy atom. The average Bonchev–Trinajstić information content (AvgIpc) is 2.54. The van der Waals surface area contributed by atoms with Crippen molar-refractivity contribution in [2.24, 2.45) is 5.84 Å². The molecule has 0 bridgehead atoms. The van der Waals surface area contributed by atoms with Gasteiger partial charge in [0.15, 0.2) is 0 Å². The summed E-state index contributed by atoms with van der Waals surface area (Å²) in [6, 6.07) is 2.74. The Balaban J connectivity index is 2.78. The van der Waals surface area contributed by atoms with E-state index >= 15 is 0 Å². The first kappa shape index (κ1) is 10.7. The number of hydrazine groups is 1. The number of fused-ring (bicyclic) bond motifs is 1. The lowest BCUT2D eigenvalue weighted by Crippen LogP contribution is -2.12. The summed E-state index contributed by atoms with van der Waals surface area (Å²) in [5.74, 6) is 7.04. The van der Waals surface area contributed by atoms with Crippen LogP contribution >= 0.6 is 11.3 Å². The van der Waals surface area contributed by atoms with Gasteiger partial charge in [-0.3, -0.25) is 15.2 Å². The van der Waals surface area contributed by atoms with Crippen molar-refractivity contribution in [1.29, 1.82) is 0 Å². The Kier molecular flexibility index (Phi) is 2.64. The number of terminal acetylenes is 1. The minimum atomic E-state index is -0.496. The van der Waals surface area contributed by atoms with E-state index in [0.717, 1.165) is 11.3 Å². The molecule has 6 heteroatoms. The van der Waals surface area contributed by atoms with Gasteiger partial charge in [-0.05, 0) is 12.1 Å². The highest BCUT2D eigenvalue weighted by molar-refractivity contribution is 7.16. The standard InChI is InChI=1S/C10H8FN3OS/c1-2-3-14-8-5-7(13-12)6(11)4-9(8)16-10(14)15/h1,4-5,13H,3,12H2. The number of nitrogen functional groups attached to an aromatic ring is 1. The van der Waals surface area contributed by atoms with E-state index in [1.54, 1.807) is 0 Å². The topological polar surface area (TPSA) is 60.0 Å². The molecule has 82 valence electrons. The highest BCUT2D eigenvalue weighted by Crippen LogP contribution is 2.24. The highest BCUT2D eigenvalue weighted by atomic mass is 32.1. The lowest BCUT2D eigenvalue weighted by molar-refractivity contribution is 0.632. The van der Waals surface area contributed by atoms with Gasteiger partial charge in [0.25, 0.3) is 0 Å². The van der Waals surface area contributed by atoms with Crippen molar-refractivity contribution in [1.82, 2.24) is 4.57 Å². The summed E-state index contributed by atoms with van der Waals surface area (Å²) in [6.07, 6.45) is 5.16. The van der Waals surface area contributed by atoms with E-state index in [2.05, 4.69) is 11.3 Å². The summed E-state index contributed by atoms with van der Waals surface area (Å²) >= 11 is 0.955. The lowest BCUT2D eigenvalue weighted by Gasteiger charge is -2.03. The Morgan fingerprint density at radius 2 is 2.38 bits per heavy atom. The zero-order chi connectivity index (χ0) is 11.7. The summed E-state index contributed by atoms with van der Waals surface area (Å²) in [5.41, 5.74) is 2.95. The quantitative estimate of drug-likeness (QED) is 0.467. The number of benzene rings is 1. The molecule has 0 fully saturated rings. The van der Waals surface area contributed by atoms with E-state index in [-0.39, 0.29) is 17.1 Å². The molecule has 0 aliphatic heterocycles. The molecule has 4 nitrogen and oxygen atoms in total. The third-order valence-corrected chi connectivity index (χ3v) is 3.10. The summed E-state index contributed by atoms with van der Waals surface area (Å²) in [5, 5.41) is 0. The number of rotatable bonds is 2. The molecule has 0 atom stereocenters. The van der Waals surface area contributed by atoms with Crippen LogP contribution in [0, 0.1) is 18.2 Å². The van der Waals surface area contributed by atoms with E-state index in [4.69, 9.17) is 12.3 Å². The Labute approximate surface area is 94.5 Å². The molecule has 0 spiro atoms. The Bertz CT molecular complexity index is 638. The third kappa shape index (κ3) is 1.56. The first-order chi connectivity index (χ1) is 7.67. The van der Waals surface area contributed by atoms with Gasteiger partial charge >= 0.3 is 4.87 Å². The first-order valence-electron chi connectivity index (χ1n) is 4.40. The minimum Gasteiger partial charge on any atom is -0.321 e. The van der Waals surface area contributed by atoms with Crippen molar-refractivity contribution >= 4 is 27.2 Å². The first-order valence-corrected chi connectivity index (χ1v) is 5.22. The molecule has 0 aliphatic rings. The van der Waals surface area contributed by atoms with Crippen molar-refractivity contribution in [3.8, 4) is 12.3 Å². The number of nitrogens with one attached hydrogen (secondary N) is 1. The number of halogens is 1. The predicted molar refractivity (Wildman–Crippen MR) is 62.7 cm³/mol. The summed E-state index contributed by atoms with van der Waals surface area (Å²) in [4.78, 5) is 11.3.